The zero-order valence-corrected chi connectivity index (χ0v) is 10.7. The first kappa shape index (κ1) is 12.4. The highest BCUT2D eigenvalue weighted by molar-refractivity contribution is 5.89. The number of oxazole rings is 1. The molecule has 0 atom stereocenters. The summed E-state index contributed by atoms with van der Waals surface area (Å²) < 4.78 is 10.2. The molecular weight excluding hydrogens is 230 g/mol. The molecule has 0 amide bonds. The van der Waals surface area contributed by atoms with E-state index in [2.05, 4.69) is 9.72 Å². The van der Waals surface area contributed by atoms with Crippen molar-refractivity contribution >= 4 is 5.97 Å². The van der Waals surface area contributed by atoms with E-state index in [1.165, 1.54) is 7.11 Å². The van der Waals surface area contributed by atoms with Gasteiger partial charge in [-0.1, -0.05) is 6.92 Å². The van der Waals surface area contributed by atoms with E-state index in [-0.39, 0.29) is 5.97 Å². The fraction of sp³-hybridized carbons (Fsp3) is 0.286. The summed E-state index contributed by atoms with van der Waals surface area (Å²) in [4.78, 5) is 15.7. The van der Waals surface area contributed by atoms with Crippen LogP contribution in [0.5, 0.6) is 0 Å². The van der Waals surface area contributed by atoms with Gasteiger partial charge in [0.1, 0.15) is 5.76 Å². The highest BCUT2D eigenvalue weighted by Crippen LogP contribution is 2.22. The van der Waals surface area contributed by atoms with Gasteiger partial charge < -0.3 is 9.15 Å². The van der Waals surface area contributed by atoms with Gasteiger partial charge in [-0.25, -0.2) is 9.78 Å². The zero-order chi connectivity index (χ0) is 13.1. The molecule has 2 aromatic rings. The van der Waals surface area contributed by atoms with Gasteiger partial charge in [-0.3, -0.25) is 0 Å². The topological polar surface area (TPSA) is 52.3 Å². The first-order valence-corrected chi connectivity index (χ1v) is 5.80. The van der Waals surface area contributed by atoms with Crippen LogP contribution in [0.25, 0.3) is 11.5 Å². The van der Waals surface area contributed by atoms with Gasteiger partial charge in [-0.05, 0) is 37.6 Å². The minimum Gasteiger partial charge on any atom is -0.465 e. The third kappa shape index (κ3) is 2.27. The molecule has 0 bridgehead atoms. The van der Waals surface area contributed by atoms with Gasteiger partial charge in [0.15, 0.2) is 0 Å². The molecule has 0 N–H and O–H groups in total. The van der Waals surface area contributed by atoms with Crippen molar-refractivity contribution in [3.05, 3.63) is 41.3 Å². The Labute approximate surface area is 106 Å². The van der Waals surface area contributed by atoms with E-state index in [0.717, 1.165) is 23.4 Å². The third-order valence-electron chi connectivity index (χ3n) is 2.78. The molecule has 4 nitrogen and oxygen atoms in total. The zero-order valence-electron chi connectivity index (χ0n) is 10.7. The number of aromatic nitrogens is 1. The summed E-state index contributed by atoms with van der Waals surface area (Å²) in [6.45, 7) is 3.94. The second-order valence-electron chi connectivity index (χ2n) is 3.94. The number of carbonyl (C=O) groups excluding carboxylic acids is 1. The highest BCUT2D eigenvalue weighted by atomic mass is 16.5. The maximum absolute atomic E-state index is 11.3. The van der Waals surface area contributed by atoms with E-state index < -0.39 is 0 Å². The van der Waals surface area contributed by atoms with E-state index in [9.17, 15) is 4.79 Å². The first-order valence-electron chi connectivity index (χ1n) is 5.80. The van der Waals surface area contributed by atoms with Crippen LogP contribution in [0.2, 0.25) is 0 Å². The smallest absolute Gasteiger partial charge is 0.337 e. The second kappa shape index (κ2) is 5.04. The number of benzene rings is 1. The average molecular weight is 245 g/mol. The molecule has 18 heavy (non-hydrogen) atoms. The number of hydrogen-bond acceptors (Lipinski definition) is 4. The Balaban J connectivity index is 2.31. The van der Waals surface area contributed by atoms with E-state index in [0.29, 0.717) is 11.5 Å². The van der Waals surface area contributed by atoms with Crippen molar-refractivity contribution in [2.75, 3.05) is 7.11 Å². The average Bonchev–Trinajstić information content (AvgIpc) is 2.79. The van der Waals surface area contributed by atoms with Crippen LogP contribution in [0.15, 0.2) is 28.7 Å². The summed E-state index contributed by atoms with van der Waals surface area (Å²) in [5.41, 5.74) is 2.33. The fourth-order valence-corrected chi connectivity index (χ4v) is 1.75. The number of hydrogen-bond donors (Lipinski definition) is 0. The minimum absolute atomic E-state index is 0.348. The Morgan fingerprint density at radius 2 is 2.00 bits per heavy atom. The van der Waals surface area contributed by atoms with Gasteiger partial charge in [0, 0.05) is 5.56 Å². The van der Waals surface area contributed by atoms with Gasteiger partial charge in [-0.2, -0.15) is 0 Å². The first-order chi connectivity index (χ1) is 8.65. The van der Waals surface area contributed by atoms with Crippen LogP contribution < -0.4 is 0 Å². The lowest BCUT2D eigenvalue weighted by Crippen LogP contribution is -2.00. The predicted octanol–water partition coefficient (Wildman–Crippen LogP) is 3.00. The number of ether oxygens (including phenoxy) is 1. The van der Waals surface area contributed by atoms with E-state index in [1.807, 2.05) is 13.8 Å². The number of nitrogens with zero attached hydrogens (tertiary/aromatic N) is 1. The van der Waals surface area contributed by atoms with Gasteiger partial charge in [-0.15, -0.1) is 0 Å². The maximum Gasteiger partial charge on any atom is 0.337 e. The van der Waals surface area contributed by atoms with Crippen molar-refractivity contribution in [3.63, 3.8) is 0 Å². The molecule has 2 rings (SSSR count). The van der Waals surface area contributed by atoms with Crippen LogP contribution in [0.3, 0.4) is 0 Å². The number of methoxy groups -OCH3 is 1. The number of esters is 1. The molecule has 0 aliphatic rings. The van der Waals surface area contributed by atoms with E-state index in [1.54, 1.807) is 24.3 Å². The summed E-state index contributed by atoms with van der Waals surface area (Å²) in [6.07, 6.45) is 0.843. The molecule has 0 saturated heterocycles. The minimum atomic E-state index is -0.348. The molecule has 1 aromatic carbocycles. The number of carbonyl (C=O) groups is 1. The van der Waals surface area contributed by atoms with E-state index >= 15 is 0 Å². The van der Waals surface area contributed by atoms with Gasteiger partial charge in [0.25, 0.3) is 0 Å². The van der Waals surface area contributed by atoms with E-state index in [4.69, 9.17) is 4.42 Å². The Morgan fingerprint density at radius 3 is 2.50 bits per heavy atom. The van der Waals surface area contributed by atoms with Crippen LogP contribution in [-0.2, 0) is 11.2 Å². The largest absolute Gasteiger partial charge is 0.465 e. The third-order valence-corrected chi connectivity index (χ3v) is 2.78. The Kier molecular flexibility index (Phi) is 3.46. The van der Waals surface area contributed by atoms with Gasteiger partial charge in [0.05, 0.1) is 18.4 Å². The van der Waals surface area contributed by atoms with Crippen molar-refractivity contribution in [2.24, 2.45) is 0 Å². The van der Waals surface area contributed by atoms with Crippen molar-refractivity contribution < 1.29 is 13.9 Å². The Hall–Kier alpha value is -2.10. The monoisotopic (exact) mass is 245 g/mol. The summed E-state index contributed by atoms with van der Waals surface area (Å²) in [6, 6.07) is 7.01. The lowest BCUT2D eigenvalue weighted by molar-refractivity contribution is 0.0601. The maximum atomic E-state index is 11.3. The van der Waals surface area contributed by atoms with Crippen LogP contribution in [0.4, 0.5) is 0 Å². The molecule has 0 aliphatic carbocycles. The highest BCUT2D eigenvalue weighted by Gasteiger charge is 2.11. The van der Waals surface area contributed by atoms with Crippen LogP contribution in [-0.4, -0.2) is 18.1 Å². The molecule has 94 valence electrons. The molecule has 4 heteroatoms. The van der Waals surface area contributed by atoms with Crippen molar-refractivity contribution in [1.29, 1.82) is 0 Å². The van der Waals surface area contributed by atoms with Crippen LogP contribution in [0, 0.1) is 6.92 Å². The summed E-state index contributed by atoms with van der Waals surface area (Å²) in [7, 11) is 1.36. The quantitative estimate of drug-likeness (QED) is 0.780. The predicted molar refractivity (Wildman–Crippen MR) is 67.4 cm³/mol. The fourth-order valence-electron chi connectivity index (χ4n) is 1.75. The molecule has 0 spiro atoms. The van der Waals surface area contributed by atoms with Gasteiger partial charge >= 0.3 is 5.97 Å². The number of rotatable bonds is 3. The summed E-state index contributed by atoms with van der Waals surface area (Å²) >= 11 is 0. The molecule has 1 heterocycles. The molecule has 0 radical (unpaired) electrons. The Bertz CT molecular complexity index is 555. The normalized spacial score (nSPS) is 10.4. The molecule has 0 aliphatic heterocycles. The van der Waals surface area contributed by atoms with Crippen LogP contribution in [0.1, 0.15) is 28.7 Å². The van der Waals surface area contributed by atoms with Crippen molar-refractivity contribution in [1.82, 2.24) is 4.98 Å². The summed E-state index contributed by atoms with van der Waals surface area (Å²) in [5.74, 6) is 1.07. The molecular formula is C14H15NO3. The summed E-state index contributed by atoms with van der Waals surface area (Å²) in [5, 5.41) is 0. The number of aryl methyl sites for hydroxylation is 2. The molecule has 0 unspecified atom stereocenters. The lowest BCUT2D eigenvalue weighted by Gasteiger charge is -1.99. The lowest BCUT2D eigenvalue weighted by atomic mass is 10.1. The molecule has 0 fully saturated rings. The van der Waals surface area contributed by atoms with Crippen molar-refractivity contribution in [2.45, 2.75) is 20.3 Å². The van der Waals surface area contributed by atoms with Crippen LogP contribution >= 0.6 is 0 Å². The SMILES string of the molecule is CCc1nc(-c2ccc(C(=O)OC)cc2)oc1C. The second-order valence-corrected chi connectivity index (χ2v) is 3.94. The molecule has 0 saturated carbocycles. The standard InChI is InChI=1S/C14H15NO3/c1-4-12-9(2)18-13(15-12)10-5-7-11(8-6-10)14(16)17-3/h5-8H,4H2,1-3H3. The molecule has 1 aromatic heterocycles. The van der Waals surface area contributed by atoms with Gasteiger partial charge in [0.2, 0.25) is 5.89 Å². The Morgan fingerprint density at radius 1 is 1.33 bits per heavy atom. The van der Waals surface area contributed by atoms with Crippen molar-refractivity contribution in [3.8, 4) is 11.5 Å².